The van der Waals surface area contributed by atoms with Crippen LogP contribution in [0.5, 0.6) is 0 Å². The van der Waals surface area contributed by atoms with Gasteiger partial charge in [0.1, 0.15) is 5.54 Å². The van der Waals surface area contributed by atoms with E-state index >= 15 is 0 Å². The van der Waals surface area contributed by atoms with E-state index in [0.717, 1.165) is 32.4 Å². The van der Waals surface area contributed by atoms with Crippen LogP contribution in [-0.4, -0.2) is 25.7 Å². The van der Waals surface area contributed by atoms with Crippen LogP contribution >= 0.6 is 0 Å². The highest BCUT2D eigenvalue weighted by atomic mass is 15.1. The molecule has 104 valence electrons. The molecule has 0 amide bonds. The summed E-state index contributed by atoms with van der Waals surface area (Å²) >= 11 is 0. The molecular weight excluding hydrogens is 234 g/mol. The van der Waals surface area contributed by atoms with Crippen LogP contribution in [0.2, 0.25) is 0 Å². The molecule has 0 fully saturated rings. The van der Waals surface area contributed by atoms with Crippen molar-refractivity contribution in [3.63, 3.8) is 0 Å². The summed E-state index contributed by atoms with van der Waals surface area (Å²) in [5.41, 5.74) is 0.894. The minimum Gasteiger partial charge on any atom is -0.372 e. The van der Waals surface area contributed by atoms with Crippen molar-refractivity contribution in [3.8, 4) is 6.07 Å². The minimum absolute atomic E-state index is 0.385. The molecule has 1 unspecified atom stereocenters. The molecule has 1 N–H and O–H groups in total. The van der Waals surface area contributed by atoms with Gasteiger partial charge in [-0.1, -0.05) is 18.2 Å². The average Bonchev–Trinajstić information content (AvgIpc) is 2.48. The molecule has 0 aromatic heterocycles. The zero-order valence-electron chi connectivity index (χ0n) is 12.3. The summed E-state index contributed by atoms with van der Waals surface area (Å²) in [7, 11) is 1.85. The fourth-order valence-corrected chi connectivity index (χ4v) is 2.13. The van der Waals surface area contributed by atoms with Gasteiger partial charge in [-0.3, -0.25) is 0 Å². The minimum atomic E-state index is -0.385. The summed E-state index contributed by atoms with van der Waals surface area (Å²) in [5, 5.41) is 12.2. The first-order chi connectivity index (χ1) is 9.15. The monoisotopic (exact) mass is 259 g/mol. The zero-order chi connectivity index (χ0) is 14.1. The molecule has 1 aromatic carbocycles. The molecule has 1 rings (SSSR count). The van der Waals surface area contributed by atoms with Crippen LogP contribution in [0.4, 0.5) is 5.69 Å². The van der Waals surface area contributed by atoms with E-state index in [-0.39, 0.29) is 5.54 Å². The number of rotatable bonds is 8. The largest absolute Gasteiger partial charge is 0.372 e. The predicted molar refractivity (Wildman–Crippen MR) is 81.3 cm³/mol. The van der Waals surface area contributed by atoms with Crippen molar-refractivity contribution in [3.05, 3.63) is 30.3 Å². The Morgan fingerprint density at radius 3 is 2.47 bits per heavy atom. The summed E-state index contributed by atoms with van der Waals surface area (Å²) in [6.07, 6.45) is 3.07. The van der Waals surface area contributed by atoms with Gasteiger partial charge in [-0.25, -0.2) is 0 Å². The highest BCUT2D eigenvalue weighted by molar-refractivity contribution is 5.45. The topological polar surface area (TPSA) is 39.1 Å². The lowest BCUT2D eigenvalue weighted by Gasteiger charge is -2.24. The van der Waals surface area contributed by atoms with Crippen LogP contribution < -0.4 is 10.2 Å². The molecule has 0 spiro atoms. The van der Waals surface area contributed by atoms with Gasteiger partial charge < -0.3 is 10.2 Å². The third-order valence-corrected chi connectivity index (χ3v) is 3.66. The Bertz CT molecular complexity index is 396. The molecule has 0 aliphatic rings. The van der Waals surface area contributed by atoms with Crippen LogP contribution in [0, 0.1) is 11.3 Å². The van der Waals surface area contributed by atoms with E-state index in [1.165, 1.54) is 5.69 Å². The summed E-state index contributed by atoms with van der Waals surface area (Å²) in [4.78, 5) is 2.38. The third kappa shape index (κ3) is 4.92. The second-order valence-corrected chi connectivity index (χ2v) is 5.07. The van der Waals surface area contributed by atoms with Crippen LogP contribution in [0.25, 0.3) is 0 Å². The Labute approximate surface area is 117 Å². The maximum atomic E-state index is 9.10. The van der Waals surface area contributed by atoms with Crippen molar-refractivity contribution < 1.29 is 0 Å². The fraction of sp³-hybridized carbons (Fsp3) is 0.562. The molecular formula is C16H25N3. The number of anilines is 1. The molecule has 0 saturated carbocycles. The van der Waals surface area contributed by atoms with Crippen LogP contribution in [0.3, 0.4) is 0 Å². The number of unbranched alkanes of at least 4 members (excludes halogenated alkanes) is 1. The van der Waals surface area contributed by atoms with E-state index in [1.54, 1.807) is 0 Å². The van der Waals surface area contributed by atoms with Gasteiger partial charge in [0, 0.05) is 18.8 Å². The molecule has 0 heterocycles. The predicted octanol–water partition coefficient (Wildman–Crippen LogP) is 3.18. The molecule has 0 saturated heterocycles. The molecule has 0 bridgehead atoms. The Hall–Kier alpha value is -1.53. The summed E-state index contributed by atoms with van der Waals surface area (Å²) in [6, 6.07) is 12.8. The average molecular weight is 259 g/mol. The van der Waals surface area contributed by atoms with E-state index in [2.05, 4.69) is 47.5 Å². The first-order valence-corrected chi connectivity index (χ1v) is 7.05. The van der Waals surface area contributed by atoms with E-state index in [4.69, 9.17) is 5.26 Å². The van der Waals surface area contributed by atoms with Gasteiger partial charge in [-0.05, 0) is 52.3 Å². The lowest BCUT2D eigenvalue weighted by molar-refractivity contribution is 0.433. The smallest absolute Gasteiger partial charge is 0.103 e. The molecule has 0 aliphatic carbocycles. The molecule has 3 heteroatoms. The van der Waals surface area contributed by atoms with Crippen molar-refractivity contribution in [2.24, 2.45) is 0 Å². The van der Waals surface area contributed by atoms with Gasteiger partial charge in [0.25, 0.3) is 0 Å². The third-order valence-electron chi connectivity index (χ3n) is 3.66. The lowest BCUT2D eigenvalue weighted by Crippen LogP contribution is -2.38. The molecule has 1 aromatic rings. The molecule has 0 aliphatic heterocycles. The highest BCUT2D eigenvalue weighted by Gasteiger charge is 2.19. The second kappa shape index (κ2) is 7.81. The number of hydrogen-bond acceptors (Lipinski definition) is 3. The zero-order valence-corrected chi connectivity index (χ0v) is 12.3. The number of nitrogens with zero attached hydrogens (tertiary/aromatic N) is 2. The van der Waals surface area contributed by atoms with E-state index in [1.807, 2.05) is 20.0 Å². The van der Waals surface area contributed by atoms with Gasteiger partial charge in [0.2, 0.25) is 0 Å². The molecule has 0 radical (unpaired) electrons. The van der Waals surface area contributed by atoms with E-state index in [9.17, 15) is 0 Å². The molecule has 19 heavy (non-hydrogen) atoms. The number of benzene rings is 1. The fourth-order valence-electron chi connectivity index (χ4n) is 2.13. The van der Waals surface area contributed by atoms with Crippen LogP contribution in [-0.2, 0) is 0 Å². The van der Waals surface area contributed by atoms with Gasteiger partial charge >= 0.3 is 0 Å². The summed E-state index contributed by atoms with van der Waals surface area (Å²) < 4.78 is 0. The molecule has 1 atom stereocenters. The first kappa shape index (κ1) is 15.5. The van der Waals surface area contributed by atoms with Crippen LogP contribution in [0.1, 0.15) is 33.1 Å². The van der Waals surface area contributed by atoms with Gasteiger partial charge in [0.15, 0.2) is 0 Å². The number of hydrogen-bond donors (Lipinski definition) is 1. The SMILES string of the molecule is CCN(CCCCC(C)(C#N)NC)c1ccccc1. The standard InChI is InChI=1S/C16H25N3/c1-4-19(15-10-6-5-7-11-15)13-9-8-12-16(2,14-17)18-3/h5-7,10-11,18H,4,8-9,12-13H2,1-3H3. The maximum absolute atomic E-state index is 9.10. The van der Waals surface area contributed by atoms with Crippen molar-refractivity contribution in [1.82, 2.24) is 5.32 Å². The van der Waals surface area contributed by atoms with E-state index < -0.39 is 0 Å². The Morgan fingerprint density at radius 1 is 1.26 bits per heavy atom. The maximum Gasteiger partial charge on any atom is 0.103 e. The second-order valence-electron chi connectivity index (χ2n) is 5.07. The Morgan fingerprint density at radius 2 is 1.95 bits per heavy atom. The van der Waals surface area contributed by atoms with Gasteiger partial charge in [0.05, 0.1) is 6.07 Å². The van der Waals surface area contributed by atoms with E-state index in [0.29, 0.717) is 0 Å². The van der Waals surface area contributed by atoms with Gasteiger partial charge in [-0.15, -0.1) is 0 Å². The van der Waals surface area contributed by atoms with Gasteiger partial charge in [-0.2, -0.15) is 5.26 Å². The van der Waals surface area contributed by atoms with Crippen molar-refractivity contribution in [2.45, 2.75) is 38.6 Å². The first-order valence-electron chi connectivity index (χ1n) is 7.05. The van der Waals surface area contributed by atoms with Crippen molar-refractivity contribution in [1.29, 1.82) is 5.26 Å². The highest BCUT2D eigenvalue weighted by Crippen LogP contribution is 2.16. The Balaban J connectivity index is 2.38. The number of nitriles is 1. The summed E-state index contributed by atoms with van der Waals surface area (Å²) in [5.74, 6) is 0. The number of nitrogens with one attached hydrogen (secondary N) is 1. The normalized spacial score (nSPS) is 13.6. The van der Waals surface area contributed by atoms with Crippen molar-refractivity contribution in [2.75, 3.05) is 25.0 Å². The van der Waals surface area contributed by atoms with Crippen molar-refractivity contribution >= 4 is 5.69 Å². The Kier molecular flexibility index (Phi) is 6.38. The van der Waals surface area contributed by atoms with Crippen LogP contribution in [0.15, 0.2) is 30.3 Å². The lowest BCUT2D eigenvalue weighted by atomic mass is 9.97. The summed E-state index contributed by atoms with van der Waals surface area (Å²) in [6.45, 7) is 6.21. The number of para-hydroxylation sites is 1. The quantitative estimate of drug-likeness (QED) is 0.729. The molecule has 3 nitrogen and oxygen atoms in total.